The summed E-state index contributed by atoms with van der Waals surface area (Å²) in [5.74, 6) is 0.799. The Balaban J connectivity index is 2.68. The maximum atomic E-state index is 5.35. The zero-order valence-corrected chi connectivity index (χ0v) is 7.39. The number of nitrogens with zero attached hydrogens (tertiary/aromatic N) is 1. The molecule has 0 aromatic heterocycles. The van der Waals surface area contributed by atoms with Crippen LogP contribution in [-0.2, 0) is 9.47 Å². The van der Waals surface area contributed by atoms with Gasteiger partial charge in [-0.25, -0.2) is 4.99 Å². The molecule has 0 aromatic rings. The first-order chi connectivity index (χ1) is 5.14. The fourth-order valence-electron chi connectivity index (χ4n) is 1.05. The van der Waals surface area contributed by atoms with Gasteiger partial charge in [-0.3, -0.25) is 0 Å². The lowest BCUT2D eigenvalue weighted by Gasteiger charge is -2.16. The molecule has 1 aliphatic rings. The highest BCUT2D eigenvalue weighted by atomic mass is 16.5. The van der Waals surface area contributed by atoms with Crippen LogP contribution in [0.3, 0.4) is 0 Å². The lowest BCUT2D eigenvalue weighted by molar-refractivity contribution is 0.110. The first-order valence-corrected chi connectivity index (χ1v) is 3.84. The first kappa shape index (κ1) is 8.53. The van der Waals surface area contributed by atoms with E-state index in [1.165, 1.54) is 0 Å². The van der Waals surface area contributed by atoms with Crippen molar-refractivity contribution in [1.82, 2.24) is 0 Å². The van der Waals surface area contributed by atoms with Crippen molar-refractivity contribution in [3.8, 4) is 0 Å². The minimum Gasteiger partial charge on any atom is -0.484 e. The normalized spacial score (nSPS) is 23.7. The zero-order valence-electron chi connectivity index (χ0n) is 7.39. The third-order valence-corrected chi connectivity index (χ3v) is 1.58. The summed E-state index contributed by atoms with van der Waals surface area (Å²) in [5, 5.41) is 0. The number of methoxy groups -OCH3 is 1. The van der Waals surface area contributed by atoms with Gasteiger partial charge in [0, 0.05) is 6.42 Å². The molecule has 1 heterocycles. The van der Waals surface area contributed by atoms with Crippen LogP contribution < -0.4 is 0 Å². The Morgan fingerprint density at radius 3 is 2.91 bits per heavy atom. The van der Waals surface area contributed by atoms with Gasteiger partial charge >= 0.3 is 0 Å². The van der Waals surface area contributed by atoms with Crippen molar-refractivity contribution in [3.63, 3.8) is 0 Å². The molecule has 0 spiro atoms. The van der Waals surface area contributed by atoms with Gasteiger partial charge in [0.15, 0.2) is 5.90 Å². The fraction of sp³-hybridized carbons (Fsp3) is 0.875. The Kier molecular flexibility index (Phi) is 2.49. The zero-order chi connectivity index (χ0) is 8.32. The lowest BCUT2D eigenvalue weighted by Crippen LogP contribution is -2.23. The van der Waals surface area contributed by atoms with Crippen LogP contribution in [0, 0.1) is 0 Å². The molecule has 1 aliphatic heterocycles. The van der Waals surface area contributed by atoms with Gasteiger partial charge in [0.1, 0.15) is 0 Å². The van der Waals surface area contributed by atoms with Crippen molar-refractivity contribution in [2.24, 2.45) is 4.99 Å². The van der Waals surface area contributed by atoms with Crippen LogP contribution in [0.2, 0.25) is 0 Å². The van der Waals surface area contributed by atoms with Crippen LogP contribution in [0.25, 0.3) is 0 Å². The molecule has 0 amide bonds. The van der Waals surface area contributed by atoms with Crippen molar-refractivity contribution in [1.29, 1.82) is 0 Å². The van der Waals surface area contributed by atoms with Gasteiger partial charge < -0.3 is 9.47 Å². The molecular formula is C8H15NO2. The molecule has 0 radical (unpaired) electrons. The predicted octanol–water partition coefficient (Wildman–Crippen LogP) is 1.23. The summed E-state index contributed by atoms with van der Waals surface area (Å²) < 4.78 is 10.4. The minimum absolute atomic E-state index is 0.123. The van der Waals surface area contributed by atoms with Gasteiger partial charge in [-0.2, -0.15) is 0 Å². The van der Waals surface area contributed by atoms with E-state index >= 15 is 0 Å². The van der Waals surface area contributed by atoms with Gasteiger partial charge in [-0.1, -0.05) is 0 Å². The fourth-order valence-corrected chi connectivity index (χ4v) is 1.05. The van der Waals surface area contributed by atoms with Gasteiger partial charge in [0.25, 0.3) is 0 Å². The Hall–Kier alpha value is -0.570. The highest BCUT2D eigenvalue weighted by molar-refractivity contribution is 5.76. The Bertz CT molecular complexity index is 163. The number of rotatable bonds is 0. The molecular weight excluding hydrogens is 142 g/mol. The average Bonchev–Trinajstić information content (AvgIpc) is 2.10. The topological polar surface area (TPSA) is 30.8 Å². The second-order valence-corrected chi connectivity index (χ2v) is 3.32. The number of aliphatic imine (C=N–C) groups is 1. The highest BCUT2D eigenvalue weighted by Gasteiger charge is 2.20. The molecule has 0 N–H and O–H groups in total. The van der Waals surface area contributed by atoms with Crippen LogP contribution >= 0.6 is 0 Å². The molecule has 0 bridgehead atoms. The van der Waals surface area contributed by atoms with E-state index in [-0.39, 0.29) is 5.54 Å². The van der Waals surface area contributed by atoms with Crippen LogP contribution in [-0.4, -0.2) is 31.8 Å². The molecule has 11 heavy (non-hydrogen) atoms. The maximum Gasteiger partial charge on any atom is 0.185 e. The van der Waals surface area contributed by atoms with E-state index in [0.717, 1.165) is 18.9 Å². The van der Waals surface area contributed by atoms with E-state index in [9.17, 15) is 0 Å². The molecule has 0 saturated carbocycles. The quantitative estimate of drug-likeness (QED) is 0.529. The standard InChI is InChI=1S/C8H15NO2/c1-8(2)6-11-5-4-7(9-8)10-3/h4-6H2,1-3H3. The predicted molar refractivity (Wildman–Crippen MR) is 44.0 cm³/mol. The van der Waals surface area contributed by atoms with Crippen LogP contribution in [0.1, 0.15) is 20.3 Å². The molecule has 3 heteroatoms. The molecule has 3 nitrogen and oxygen atoms in total. The molecule has 0 saturated heterocycles. The second-order valence-electron chi connectivity index (χ2n) is 3.32. The average molecular weight is 157 g/mol. The van der Waals surface area contributed by atoms with E-state index in [1.54, 1.807) is 7.11 Å². The Morgan fingerprint density at radius 2 is 2.27 bits per heavy atom. The van der Waals surface area contributed by atoms with Crippen molar-refractivity contribution in [2.75, 3.05) is 20.3 Å². The Morgan fingerprint density at radius 1 is 1.55 bits per heavy atom. The molecule has 0 aliphatic carbocycles. The molecule has 1 rings (SSSR count). The maximum absolute atomic E-state index is 5.35. The lowest BCUT2D eigenvalue weighted by atomic mass is 10.1. The van der Waals surface area contributed by atoms with E-state index < -0.39 is 0 Å². The largest absolute Gasteiger partial charge is 0.484 e. The summed E-state index contributed by atoms with van der Waals surface area (Å²) in [6, 6.07) is 0. The SMILES string of the molecule is COC1=NC(C)(C)COCC1. The van der Waals surface area contributed by atoms with Crippen LogP contribution in [0.15, 0.2) is 4.99 Å². The molecule has 0 atom stereocenters. The van der Waals surface area contributed by atoms with Crippen LogP contribution in [0.5, 0.6) is 0 Å². The first-order valence-electron chi connectivity index (χ1n) is 3.84. The smallest absolute Gasteiger partial charge is 0.185 e. The summed E-state index contributed by atoms with van der Waals surface area (Å²) in [5.41, 5.74) is -0.123. The number of hydrogen-bond donors (Lipinski definition) is 0. The van der Waals surface area contributed by atoms with Crippen molar-refractivity contribution < 1.29 is 9.47 Å². The monoisotopic (exact) mass is 157 g/mol. The highest BCUT2D eigenvalue weighted by Crippen LogP contribution is 2.14. The van der Waals surface area contributed by atoms with Crippen molar-refractivity contribution in [2.45, 2.75) is 25.8 Å². The third-order valence-electron chi connectivity index (χ3n) is 1.58. The van der Waals surface area contributed by atoms with Gasteiger partial charge in [0.2, 0.25) is 0 Å². The number of hydrogen-bond acceptors (Lipinski definition) is 3. The molecule has 0 unspecified atom stereocenters. The van der Waals surface area contributed by atoms with E-state index in [4.69, 9.17) is 9.47 Å². The molecule has 0 fully saturated rings. The van der Waals surface area contributed by atoms with Crippen molar-refractivity contribution >= 4 is 5.90 Å². The second kappa shape index (κ2) is 3.22. The Labute approximate surface area is 67.4 Å². The minimum atomic E-state index is -0.123. The molecule has 64 valence electrons. The third kappa shape index (κ3) is 2.50. The summed E-state index contributed by atoms with van der Waals surface area (Å²) in [7, 11) is 1.65. The van der Waals surface area contributed by atoms with Gasteiger partial charge in [-0.05, 0) is 13.8 Å². The number of ether oxygens (including phenoxy) is 2. The van der Waals surface area contributed by atoms with E-state index in [2.05, 4.69) is 4.99 Å². The van der Waals surface area contributed by atoms with Crippen molar-refractivity contribution in [3.05, 3.63) is 0 Å². The summed E-state index contributed by atoms with van der Waals surface area (Å²) in [6.07, 6.45) is 0.792. The van der Waals surface area contributed by atoms with Gasteiger partial charge in [-0.15, -0.1) is 0 Å². The summed E-state index contributed by atoms with van der Waals surface area (Å²) in [6.45, 7) is 5.48. The summed E-state index contributed by atoms with van der Waals surface area (Å²) in [4.78, 5) is 4.40. The summed E-state index contributed by atoms with van der Waals surface area (Å²) >= 11 is 0. The molecule has 0 aromatic carbocycles. The van der Waals surface area contributed by atoms with Gasteiger partial charge in [0.05, 0.1) is 25.9 Å². The van der Waals surface area contributed by atoms with E-state index in [1.807, 2.05) is 13.8 Å². The van der Waals surface area contributed by atoms with Crippen LogP contribution in [0.4, 0.5) is 0 Å². The van der Waals surface area contributed by atoms with E-state index in [0.29, 0.717) is 6.61 Å².